The smallest absolute Gasteiger partial charge is 0.231 e. The van der Waals surface area contributed by atoms with Crippen molar-refractivity contribution in [1.29, 1.82) is 0 Å². The molecule has 0 bridgehead atoms. The average molecular weight is 491 g/mol. The Labute approximate surface area is 206 Å². The standard InChI is InChI=1S/C25H35ClN4O4/c1-24(2)13-20(31)30(23(27)29-24)18(9-10-33-5)14-11-15(14)22(32)28-17-12-25(3,4)34-19-8-6-7-16(26)21(17)19/h6-8,14-15,17-18H,9-13H2,1-5H3,(H2,27,29)(H,28,32)/t14-,15?,17-,18+/m0/s1. The molecular formula is C25H35ClN4O4. The minimum Gasteiger partial charge on any atom is -0.487 e. The molecule has 1 fully saturated rings. The molecule has 186 valence electrons. The molecule has 1 unspecified atom stereocenters. The number of nitrogens with two attached hydrogens (primary N) is 1. The number of rotatable bonds is 7. The van der Waals surface area contributed by atoms with Crippen molar-refractivity contribution in [2.75, 3.05) is 13.7 Å². The van der Waals surface area contributed by atoms with Gasteiger partial charge in [-0.1, -0.05) is 17.7 Å². The van der Waals surface area contributed by atoms with Gasteiger partial charge in [-0.3, -0.25) is 14.5 Å². The fourth-order valence-electron chi connectivity index (χ4n) is 5.34. The molecule has 9 heteroatoms. The number of hydrogen-bond acceptors (Lipinski definition) is 6. The molecule has 0 radical (unpaired) electrons. The van der Waals surface area contributed by atoms with Crippen LogP contribution in [0.5, 0.6) is 5.75 Å². The lowest BCUT2D eigenvalue weighted by Crippen LogP contribution is -2.55. The lowest BCUT2D eigenvalue weighted by Gasteiger charge is -2.39. The molecule has 1 aromatic rings. The van der Waals surface area contributed by atoms with Crippen LogP contribution in [0.4, 0.5) is 0 Å². The van der Waals surface area contributed by atoms with Crippen LogP contribution in [0.3, 0.4) is 0 Å². The van der Waals surface area contributed by atoms with Gasteiger partial charge in [0.05, 0.1) is 18.0 Å². The summed E-state index contributed by atoms with van der Waals surface area (Å²) in [5.74, 6) is 0.602. The monoisotopic (exact) mass is 490 g/mol. The lowest BCUT2D eigenvalue weighted by atomic mass is 9.89. The first kappa shape index (κ1) is 24.8. The maximum Gasteiger partial charge on any atom is 0.231 e. The van der Waals surface area contributed by atoms with Gasteiger partial charge in [0.25, 0.3) is 0 Å². The molecule has 2 aliphatic heterocycles. The molecule has 3 N–H and O–H groups in total. The number of aliphatic imine (C=N–C) groups is 1. The topological polar surface area (TPSA) is 106 Å². The number of ether oxygens (including phenoxy) is 2. The van der Waals surface area contributed by atoms with Gasteiger partial charge in [-0.25, -0.2) is 4.99 Å². The number of halogens is 1. The van der Waals surface area contributed by atoms with Crippen molar-refractivity contribution >= 4 is 29.4 Å². The molecule has 4 atom stereocenters. The SMILES string of the molecule is COCC[C@H]([C@H]1CC1C(=O)N[C@H]1CC(C)(C)Oc2cccc(Cl)c21)N1C(=O)CC(C)(C)N=C1N. The van der Waals surface area contributed by atoms with Crippen LogP contribution in [0.15, 0.2) is 23.2 Å². The first-order chi connectivity index (χ1) is 15.9. The van der Waals surface area contributed by atoms with E-state index in [1.54, 1.807) is 12.0 Å². The Morgan fingerprint density at radius 3 is 2.79 bits per heavy atom. The summed E-state index contributed by atoms with van der Waals surface area (Å²) in [6.07, 6.45) is 2.17. The highest BCUT2D eigenvalue weighted by atomic mass is 35.5. The molecule has 2 heterocycles. The van der Waals surface area contributed by atoms with E-state index >= 15 is 0 Å². The zero-order valence-electron chi connectivity index (χ0n) is 20.6. The van der Waals surface area contributed by atoms with E-state index in [4.69, 9.17) is 26.8 Å². The van der Waals surface area contributed by atoms with Gasteiger partial charge in [-0.05, 0) is 58.6 Å². The van der Waals surface area contributed by atoms with E-state index in [2.05, 4.69) is 10.3 Å². The van der Waals surface area contributed by atoms with Crippen molar-refractivity contribution in [3.8, 4) is 5.75 Å². The molecule has 4 rings (SSSR count). The van der Waals surface area contributed by atoms with E-state index in [1.807, 2.05) is 45.9 Å². The van der Waals surface area contributed by atoms with Crippen LogP contribution in [0.2, 0.25) is 5.02 Å². The Kier molecular flexibility index (Phi) is 6.59. The molecule has 1 saturated carbocycles. The van der Waals surface area contributed by atoms with Gasteiger partial charge in [0.2, 0.25) is 11.8 Å². The normalized spacial score (nSPS) is 27.8. The third-order valence-electron chi connectivity index (χ3n) is 6.90. The highest BCUT2D eigenvalue weighted by molar-refractivity contribution is 6.31. The van der Waals surface area contributed by atoms with Crippen molar-refractivity contribution in [2.45, 2.75) is 76.6 Å². The third-order valence-corrected chi connectivity index (χ3v) is 7.23. The molecule has 1 aromatic carbocycles. The van der Waals surface area contributed by atoms with Gasteiger partial charge in [0.1, 0.15) is 11.4 Å². The second-order valence-electron chi connectivity index (χ2n) is 10.9. The molecule has 34 heavy (non-hydrogen) atoms. The van der Waals surface area contributed by atoms with Gasteiger partial charge in [-0.15, -0.1) is 0 Å². The van der Waals surface area contributed by atoms with Crippen molar-refractivity contribution in [3.05, 3.63) is 28.8 Å². The van der Waals surface area contributed by atoms with Crippen LogP contribution >= 0.6 is 11.6 Å². The van der Waals surface area contributed by atoms with Gasteiger partial charge in [-0.2, -0.15) is 0 Å². The Morgan fingerprint density at radius 2 is 2.12 bits per heavy atom. The van der Waals surface area contributed by atoms with Crippen LogP contribution < -0.4 is 15.8 Å². The van der Waals surface area contributed by atoms with Crippen molar-refractivity contribution in [1.82, 2.24) is 10.2 Å². The second-order valence-corrected chi connectivity index (χ2v) is 11.3. The minimum atomic E-state index is -0.522. The van der Waals surface area contributed by atoms with E-state index in [1.165, 1.54) is 0 Å². The maximum atomic E-state index is 13.4. The van der Waals surface area contributed by atoms with Crippen LogP contribution in [0.25, 0.3) is 0 Å². The summed E-state index contributed by atoms with van der Waals surface area (Å²) in [5, 5.41) is 3.79. The van der Waals surface area contributed by atoms with E-state index in [9.17, 15) is 9.59 Å². The molecular weight excluding hydrogens is 456 g/mol. The van der Waals surface area contributed by atoms with Crippen molar-refractivity contribution < 1.29 is 19.1 Å². The fourth-order valence-corrected chi connectivity index (χ4v) is 5.63. The maximum absolute atomic E-state index is 13.4. The number of fused-ring (bicyclic) bond motifs is 1. The predicted octanol–water partition coefficient (Wildman–Crippen LogP) is 3.43. The number of methoxy groups -OCH3 is 1. The van der Waals surface area contributed by atoms with Crippen LogP contribution in [0, 0.1) is 11.8 Å². The summed E-state index contributed by atoms with van der Waals surface area (Å²) in [5.41, 5.74) is 6.10. The van der Waals surface area contributed by atoms with Crippen LogP contribution in [-0.4, -0.2) is 53.6 Å². The van der Waals surface area contributed by atoms with Gasteiger partial charge < -0.3 is 20.5 Å². The number of carbonyl (C=O) groups is 2. The highest BCUT2D eigenvalue weighted by Gasteiger charge is 2.52. The molecule has 0 aromatic heterocycles. The Bertz CT molecular complexity index is 1010. The quantitative estimate of drug-likeness (QED) is 0.609. The predicted molar refractivity (Wildman–Crippen MR) is 131 cm³/mol. The minimum absolute atomic E-state index is 0.00683. The summed E-state index contributed by atoms with van der Waals surface area (Å²) in [6, 6.07) is 5.07. The second kappa shape index (κ2) is 9.04. The zero-order valence-corrected chi connectivity index (χ0v) is 21.3. The number of carbonyl (C=O) groups excluding carboxylic acids is 2. The summed E-state index contributed by atoms with van der Waals surface area (Å²) in [4.78, 5) is 32.5. The molecule has 8 nitrogen and oxygen atoms in total. The Hall–Kier alpha value is -2.32. The number of benzene rings is 1. The largest absolute Gasteiger partial charge is 0.487 e. The summed E-state index contributed by atoms with van der Waals surface area (Å²) >= 11 is 6.49. The van der Waals surface area contributed by atoms with Gasteiger partial charge in [0.15, 0.2) is 5.96 Å². The first-order valence-corrected chi connectivity index (χ1v) is 12.2. The summed E-state index contributed by atoms with van der Waals surface area (Å²) in [7, 11) is 1.63. The van der Waals surface area contributed by atoms with E-state index in [-0.39, 0.29) is 48.1 Å². The van der Waals surface area contributed by atoms with Gasteiger partial charge in [0, 0.05) is 42.7 Å². The molecule has 3 aliphatic rings. The Balaban J connectivity index is 1.51. The van der Waals surface area contributed by atoms with E-state index in [0.29, 0.717) is 36.6 Å². The zero-order chi connectivity index (χ0) is 24.8. The number of guanidine groups is 1. The van der Waals surface area contributed by atoms with E-state index in [0.717, 1.165) is 5.56 Å². The number of nitrogens with one attached hydrogen (secondary N) is 1. The summed E-state index contributed by atoms with van der Waals surface area (Å²) in [6.45, 7) is 8.26. The van der Waals surface area contributed by atoms with Crippen LogP contribution in [0.1, 0.15) is 65.0 Å². The number of amides is 2. The van der Waals surface area contributed by atoms with Gasteiger partial charge >= 0.3 is 0 Å². The van der Waals surface area contributed by atoms with Crippen molar-refractivity contribution in [2.24, 2.45) is 22.6 Å². The molecule has 0 spiro atoms. The lowest BCUT2D eigenvalue weighted by molar-refractivity contribution is -0.132. The third kappa shape index (κ3) is 5.03. The van der Waals surface area contributed by atoms with E-state index < -0.39 is 11.1 Å². The number of nitrogens with zero attached hydrogens (tertiary/aromatic N) is 2. The Morgan fingerprint density at radius 1 is 1.38 bits per heavy atom. The molecule has 0 saturated heterocycles. The van der Waals surface area contributed by atoms with Crippen molar-refractivity contribution in [3.63, 3.8) is 0 Å². The fraction of sp³-hybridized carbons (Fsp3) is 0.640. The number of hydrogen-bond donors (Lipinski definition) is 2. The molecule has 2 amide bonds. The first-order valence-electron chi connectivity index (χ1n) is 11.9. The average Bonchev–Trinajstić information content (AvgIpc) is 3.48. The van der Waals surface area contributed by atoms with Crippen LogP contribution in [-0.2, 0) is 14.3 Å². The highest BCUT2D eigenvalue weighted by Crippen LogP contribution is 2.47. The molecule has 1 aliphatic carbocycles. The summed E-state index contributed by atoms with van der Waals surface area (Å²) < 4.78 is 11.4.